The number of nitrogens with one attached hydrogen (secondary N) is 1. The monoisotopic (exact) mass is 473 g/mol. The van der Waals surface area contributed by atoms with Gasteiger partial charge in [0.1, 0.15) is 0 Å². The van der Waals surface area contributed by atoms with Crippen molar-refractivity contribution in [1.29, 1.82) is 0 Å². The van der Waals surface area contributed by atoms with Gasteiger partial charge in [-0.15, -0.1) is 5.10 Å². The van der Waals surface area contributed by atoms with E-state index in [2.05, 4.69) is 10.4 Å². The number of aromatic nitrogens is 4. The molecule has 2 aromatic carbocycles. The molecule has 1 aliphatic rings. The normalized spacial score (nSPS) is 14.7. The van der Waals surface area contributed by atoms with Crippen molar-refractivity contribution < 1.29 is 4.79 Å². The molecule has 0 radical (unpaired) electrons. The highest BCUT2D eigenvalue weighted by atomic mass is 16.2. The maximum atomic E-state index is 13.6. The molecule has 0 atom stereocenters. The van der Waals surface area contributed by atoms with Crippen molar-refractivity contribution in [3.8, 4) is 0 Å². The van der Waals surface area contributed by atoms with Crippen molar-refractivity contribution >= 4 is 22.6 Å². The second-order valence-corrected chi connectivity index (χ2v) is 9.81. The summed E-state index contributed by atoms with van der Waals surface area (Å²) in [4.78, 5) is 40.0. The van der Waals surface area contributed by atoms with Gasteiger partial charge in [-0.3, -0.25) is 14.2 Å². The summed E-state index contributed by atoms with van der Waals surface area (Å²) in [5, 5.41) is 8.09. The molecule has 0 unspecified atom stereocenters. The molecule has 2 aromatic heterocycles. The number of hydrogen-bond donors (Lipinski definition) is 1. The van der Waals surface area contributed by atoms with Crippen LogP contribution in [0.2, 0.25) is 0 Å². The first kappa shape index (κ1) is 23.1. The van der Waals surface area contributed by atoms with E-state index in [4.69, 9.17) is 0 Å². The van der Waals surface area contributed by atoms with Crippen LogP contribution in [0.4, 0.5) is 0 Å². The molecule has 0 bridgehead atoms. The van der Waals surface area contributed by atoms with Gasteiger partial charge in [-0.05, 0) is 62.9 Å². The van der Waals surface area contributed by atoms with E-state index in [0.717, 1.165) is 36.8 Å². The van der Waals surface area contributed by atoms with Crippen LogP contribution in [0, 0.1) is 6.92 Å². The Bertz CT molecular complexity index is 1540. The standard InChI is InChI=1S/C27H31N5O3/c1-17(2)31-25(34)22-14-13-19(24(33)28-21-11-5-4-6-12-21)15-23(22)32-26(31)29-30(27(32)35)16-20-10-8-7-9-18(20)3/h7-10,13-15,17,21H,4-6,11-12,16H2,1-3H3,(H,28,33). The predicted octanol–water partition coefficient (Wildman–Crippen LogP) is 3.81. The third-order valence-corrected chi connectivity index (χ3v) is 7.03. The van der Waals surface area contributed by atoms with Crippen LogP contribution >= 0.6 is 0 Å². The Kier molecular flexibility index (Phi) is 6.05. The zero-order chi connectivity index (χ0) is 24.7. The molecule has 1 aliphatic carbocycles. The largest absolute Gasteiger partial charge is 0.352 e. The summed E-state index contributed by atoms with van der Waals surface area (Å²) in [5.74, 6) is 0.0984. The Hall–Kier alpha value is -3.68. The summed E-state index contributed by atoms with van der Waals surface area (Å²) in [5.41, 5.74) is 2.31. The van der Waals surface area contributed by atoms with Gasteiger partial charge in [-0.25, -0.2) is 13.9 Å². The molecule has 8 nitrogen and oxygen atoms in total. The average Bonchev–Trinajstić information content (AvgIpc) is 3.16. The fourth-order valence-corrected chi connectivity index (χ4v) is 5.06. The predicted molar refractivity (Wildman–Crippen MR) is 136 cm³/mol. The number of benzene rings is 2. The Balaban J connectivity index is 1.67. The Morgan fingerprint density at radius 3 is 2.54 bits per heavy atom. The quantitative estimate of drug-likeness (QED) is 0.477. The Morgan fingerprint density at radius 1 is 1.09 bits per heavy atom. The number of carbonyl (C=O) groups excluding carboxylic acids is 1. The minimum atomic E-state index is -0.340. The van der Waals surface area contributed by atoms with E-state index >= 15 is 0 Å². The van der Waals surface area contributed by atoms with Crippen molar-refractivity contribution in [1.82, 2.24) is 24.1 Å². The van der Waals surface area contributed by atoms with Gasteiger partial charge in [0.05, 0.1) is 17.4 Å². The van der Waals surface area contributed by atoms with E-state index in [0.29, 0.717) is 23.0 Å². The van der Waals surface area contributed by atoms with Gasteiger partial charge >= 0.3 is 5.69 Å². The van der Waals surface area contributed by atoms with Crippen LogP contribution in [0.3, 0.4) is 0 Å². The summed E-state index contributed by atoms with van der Waals surface area (Å²) in [6.45, 7) is 6.07. The highest BCUT2D eigenvalue weighted by Crippen LogP contribution is 2.20. The van der Waals surface area contributed by atoms with Gasteiger partial charge in [0.2, 0.25) is 5.78 Å². The first-order valence-electron chi connectivity index (χ1n) is 12.4. The lowest BCUT2D eigenvalue weighted by atomic mass is 9.95. The number of hydrogen-bond acceptors (Lipinski definition) is 4. The van der Waals surface area contributed by atoms with Crippen LogP contribution in [0.5, 0.6) is 0 Å². The number of fused-ring (bicyclic) bond motifs is 3. The van der Waals surface area contributed by atoms with Gasteiger partial charge < -0.3 is 5.32 Å². The van der Waals surface area contributed by atoms with Gasteiger partial charge in [0.25, 0.3) is 11.5 Å². The smallest absolute Gasteiger partial charge is 0.349 e. The van der Waals surface area contributed by atoms with Crippen molar-refractivity contribution in [2.45, 2.75) is 71.5 Å². The molecule has 35 heavy (non-hydrogen) atoms. The van der Waals surface area contributed by atoms with Crippen LogP contribution in [0.15, 0.2) is 52.1 Å². The van der Waals surface area contributed by atoms with E-state index in [1.165, 1.54) is 15.5 Å². The number of rotatable bonds is 5. The lowest BCUT2D eigenvalue weighted by molar-refractivity contribution is 0.0928. The second kappa shape index (κ2) is 9.17. The molecule has 182 valence electrons. The molecular formula is C27H31N5O3. The molecule has 0 spiro atoms. The number of nitrogens with zero attached hydrogens (tertiary/aromatic N) is 4. The van der Waals surface area contributed by atoms with E-state index in [-0.39, 0.29) is 35.0 Å². The third kappa shape index (κ3) is 4.17. The van der Waals surface area contributed by atoms with Gasteiger partial charge in [0, 0.05) is 17.6 Å². The molecule has 4 aromatic rings. The van der Waals surface area contributed by atoms with Crippen LogP contribution in [-0.4, -0.2) is 30.7 Å². The highest BCUT2D eigenvalue weighted by Gasteiger charge is 2.22. The van der Waals surface area contributed by atoms with Gasteiger partial charge in [0.15, 0.2) is 0 Å². The van der Waals surface area contributed by atoms with Gasteiger partial charge in [-0.1, -0.05) is 43.5 Å². The molecular weight excluding hydrogens is 442 g/mol. The van der Waals surface area contributed by atoms with Crippen LogP contribution in [-0.2, 0) is 6.54 Å². The maximum absolute atomic E-state index is 13.6. The molecule has 0 saturated heterocycles. The zero-order valence-corrected chi connectivity index (χ0v) is 20.5. The average molecular weight is 474 g/mol. The Labute approximate surface area is 203 Å². The van der Waals surface area contributed by atoms with Crippen molar-refractivity contribution in [3.05, 3.63) is 80.0 Å². The summed E-state index contributed by atoms with van der Waals surface area (Å²) in [6.07, 6.45) is 5.40. The molecule has 2 heterocycles. The molecule has 5 rings (SSSR count). The van der Waals surface area contributed by atoms with Crippen molar-refractivity contribution in [2.75, 3.05) is 0 Å². The van der Waals surface area contributed by atoms with Crippen LogP contribution in [0.1, 0.15) is 73.5 Å². The zero-order valence-electron chi connectivity index (χ0n) is 20.5. The Morgan fingerprint density at radius 2 is 1.83 bits per heavy atom. The van der Waals surface area contributed by atoms with E-state index in [9.17, 15) is 14.4 Å². The number of aryl methyl sites for hydroxylation is 1. The molecule has 0 aliphatic heterocycles. The molecule has 1 saturated carbocycles. The summed E-state index contributed by atoms with van der Waals surface area (Å²) < 4.78 is 4.40. The first-order valence-corrected chi connectivity index (χ1v) is 12.4. The number of amides is 1. The fraction of sp³-hybridized carbons (Fsp3) is 0.407. The van der Waals surface area contributed by atoms with E-state index in [1.807, 2.05) is 45.0 Å². The fourth-order valence-electron chi connectivity index (χ4n) is 5.06. The van der Waals surface area contributed by atoms with E-state index in [1.54, 1.807) is 22.8 Å². The summed E-state index contributed by atoms with van der Waals surface area (Å²) >= 11 is 0. The summed E-state index contributed by atoms with van der Waals surface area (Å²) in [6, 6.07) is 12.8. The van der Waals surface area contributed by atoms with Crippen molar-refractivity contribution in [2.24, 2.45) is 0 Å². The van der Waals surface area contributed by atoms with Crippen LogP contribution in [0.25, 0.3) is 16.7 Å². The molecule has 1 N–H and O–H groups in total. The minimum absolute atomic E-state index is 0.167. The number of carbonyl (C=O) groups is 1. The lowest BCUT2D eigenvalue weighted by Gasteiger charge is -2.22. The topological polar surface area (TPSA) is 90.4 Å². The summed E-state index contributed by atoms with van der Waals surface area (Å²) in [7, 11) is 0. The SMILES string of the molecule is Cc1ccccc1Cn1nc2n(C(C)C)c(=O)c3ccc(C(=O)NC4CCCCC4)cc3n2c1=O. The second-order valence-electron chi connectivity index (χ2n) is 9.81. The minimum Gasteiger partial charge on any atom is -0.349 e. The van der Waals surface area contributed by atoms with Crippen molar-refractivity contribution in [3.63, 3.8) is 0 Å². The molecule has 1 fully saturated rings. The highest BCUT2D eigenvalue weighted by molar-refractivity contribution is 5.98. The van der Waals surface area contributed by atoms with E-state index < -0.39 is 0 Å². The molecule has 8 heteroatoms. The molecule has 1 amide bonds. The van der Waals surface area contributed by atoms with Crippen LogP contribution < -0.4 is 16.6 Å². The lowest BCUT2D eigenvalue weighted by Crippen LogP contribution is -2.36. The third-order valence-electron chi connectivity index (χ3n) is 7.03. The maximum Gasteiger partial charge on any atom is 0.352 e. The van der Waals surface area contributed by atoms with Gasteiger partial charge in [-0.2, -0.15) is 0 Å². The first-order chi connectivity index (χ1) is 16.8.